The van der Waals surface area contributed by atoms with Crippen LogP contribution < -0.4 is 64.2 Å². The molecular formula is C20H16F3N3Na2O5S. The molecule has 0 aliphatic carbocycles. The van der Waals surface area contributed by atoms with Crippen molar-refractivity contribution in [2.24, 2.45) is 0 Å². The van der Waals surface area contributed by atoms with Gasteiger partial charge in [0.05, 0.1) is 28.4 Å². The summed E-state index contributed by atoms with van der Waals surface area (Å²) in [5, 5.41) is 14.3. The van der Waals surface area contributed by atoms with Gasteiger partial charge in [-0.15, -0.1) is 0 Å². The van der Waals surface area contributed by atoms with E-state index in [2.05, 4.69) is 14.8 Å². The number of carboxylic acid groups (broad SMARTS) is 1. The summed E-state index contributed by atoms with van der Waals surface area (Å²) >= 11 is 0. The van der Waals surface area contributed by atoms with Crippen LogP contribution in [0.1, 0.15) is 18.2 Å². The first-order valence-electron chi connectivity index (χ1n) is 9.07. The van der Waals surface area contributed by atoms with Gasteiger partial charge in [-0.3, -0.25) is 0 Å². The van der Waals surface area contributed by atoms with Crippen LogP contribution in [0.4, 0.5) is 13.2 Å². The average molecular weight is 513 g/mol. The molecule has 0 radical (unpaired) electrons. The molecule has 0 saturated carbocycles. The topological polar surface area (TPSA) is 115 Å². The smallest absolute Gasteiger partial charge is 0.547 e. The molecule has 1 heterocycles. The first-order chi connectivity index (χ1) is 14.9. The Kier molecular flexibility index (Phi) is 11.0. The van der Waals surface area contributed by atoms with Crippen LogP contribution in [-0.2, 0) is 25.8 Å². The summed E-state index contributed by atoms with van der Waals surface area (Å²) in [6.45, 7) is 2.88. The maximum absolute atomic E-state index is 13.3. The van der Waals surface area contributed by atoms with Crippen LogP contribution in [0.3, 0.4) is 0 Å². The number of halogens is 3. The Morgan fingerprint density at radius 3 is 2.15 bits per heavy atom. The zero-order chi connectivity index (χ0) is 23.7. The third-order valence-corrected chi connectivity index (χ3v) is 5.51. The number of hydrogen-bond donors (Lipinski definition) is 0. The van der Waals surface area contributed by atoms with Crippen LogP contribution in [-0.4, -0.2) is 30.3 Å². The summed E-state index contributed by atoms with van der Waals surface area (Å²) in [6.07, 6.45) is -6.27. The molecular weight excluding hydrogens is 497 g/mol. The minimum absolute atomic E-state index is 0. The quantitative estimate of drug-likeness (QED) is 0.246. The van der Waals surface area contributed by atoms with E-state index in [1.54, 1.807) is 24.3 Å². The molecule has 3 aromatic rings. The zero-order valence-electron chi connectivity index (χ0n) is 18.7. The Morgan fingerprint density at radius 1 is 1.09 bits per heavy atom. The monoisotopic (exact) mass is 513 g/mol. The van der Waals surface area contributed by atoms with Gasteiger partial charge in [0.1, 0.15) is 10.0 Å². The van der Waals surface area contributed by atoms with E-state index in [0.29, 0.717) is 5.56 Å². The summed E-state index contributed by atoms with van der Waals surface area (Å²) in [4.78, 5) is 17.6. The van der Waals surface area contributed by atoms with Crippen molar-refractivity contribution in [3.8, 4) is 16.9 Å². The maximum Gasteiger partial charge on any atom is 1.00 e. The van der Waals surface area contributed by atoms with Gasteiger partial charge in [-0.1, -0.05) is 29.8 Å². The predicted octanol–water partition coefficient (Wildman–Crippen LogP) is -2.99. The fraction of sp³-hybridized carbons (Fsp3) is 0.200. The Morgan fingerprint density at radius 2 is 1.65 bits per heavy atom. The molecule has 170 valence electrons. The van der Waals surface area contributed by atoms with Crippen molar-refractivity contribution in [3.63, 3.8) is 0 Å². The van der Waals surface area contributed by atoms with E-state index in [9.17, 15) is 31.5 Å². The first-order valence-corrected chi connectivity index (χ1v) is 10.5. The number of nitrogens with zero attached hydrogens (tertiary/aromatic N) is 3. The molecule has 1 atom stereocenters. The second-order valence-corrected chi connectivity index (χ2v) is 8.37. The molecule has 8 nitrogen and oxygen atoms in total. The van der Waals surface area contributed by atoms with Crippen LogP contribution in [0.15, 0.2) is 59.5 Å². The number of alkyl halides is 3. The molecule has 1 unspecified atom stereocenters. The second-order valence-electron chi connectivity index (χ2n) is 6.80. The average Bonchev–Trinajstić information content (AvgIpc) is 3.18. The molecule has 0 bridgehead atoms. The molecule has 0 saturated heterocycles. The van der Waals surface area contributed by atoms with Crippen molar-refractivity contribution in [2.45, 2.75) is 31.0 Å². The van der Waals surface area contributed by atoms with Gasteiger partial charge in [-0.25, -0.2) is 13.1 Å². The van der Waals surface area contributed by atoms with Crippen LogP contribution in [0, 0.1) is 6.92 Å². The van der Waals surface area contributed by atoms with Crippen molar-refractivity contribution in [3.05, 3.63) is 70.7 Å². The summed E-state index contributed by atoms with van der Waals surface area (Å²) in [5.41, 5.74) is 0.617. The Labute approximate surface area is 238 Å². The number of aliphatic carboxylic acids is 1. The number of aromatic nitrogens is 2. The van der Waals surface area contributed by atoms with Crippen molar-refractivity contribution in [2.75, 3.05) is 0 Å². The van der Waals surface area contributed by atoms with Gasteiger partial charge in [-0.2, -0.15) is 18.3 Å². The van der Waals surface area contributed by atoms with E-state index in [-0.39, 0.29) is 75.4 Å². The van der Waals surface area contributed by atoms with Crippen molar-refractivity contribution in [1.82, 2.24) is 9.78 Å². The molecule has 1 aromatic heterocycles. The van der Waals surface area contributed by atoms with Crippen molar-refractivity contribution >= 4 is 16.0 Å². The molecule has 0 aliphatic rings. The fourth-order valence-electron chi connectivity index (χ4n) is 2.61. The molecule has 0 amide bonds. The standard InChI is InChI=1S/C20H17F3N3O5S.2Na/c1-12-3-5-14(6-4-12)17-11-18(20(21,22)23)24-26(17)15-7-9-16(10-8-15)32(29,30)25-31-13(2)19(27)28;;/h3-11,13H,1-2H3,(H,27,28);;/q-1;2*+1/p-1. The van der Waals surface area contributed by atoms with E-state index < -0.39 is 34.0 Å². The van der Waals surface area contributed by atoms with Gasteiger partial charge >= 0.3 is 65.3 Å². The van der Waals surface area contributed by atoms with Gasteiger partial charge in [0.25, 0.3) is 0 Å². The van der Waals surface area contributed by atoms with Crippen molar-refractivity contribution < 1.29 is 95.4 Å². The third kappa shape index (κ3) is 7.39. The summed E-state index contributed by atoms with van der Waals surface area (Å²) in [5.74, 6) is -1.65. The summed E-state index contributed by atoms with van der Waals surface area (Å²) < 4.78 is 65.3. The normalized spacial score (nSPS) is 12.4. The van der Waals surface area contributed by atoms with Crippen LogP contribution in [0.2, 0.25) is 0 Å². The first kappa shape index (κ1) is 30.8. The number of carboxylic acids is 1. The molecule has 2 aromatic carbocycles. The maximum atomic E-state index is 13.3. The summed E-state index contributed by atoms with van der Waals surface area (Å²) in [6, 6.07) is 12.4. The van der Waals surface area contributed by atoms with Gasteiger partial charge in [0, 0.05) is 5.56 Å². The van der Waals surface area contributed by atoms with E-state index >= 15 is 0 Å². The molecule has 0 spiro atoms. The minimum atomic E-state index is -4.68. The largest absolute Gasteiger partial charge is 1.00 e. The van der Waals surface area contributed by atoms with Crippen molar-refractivity contribution in [1.29, 1.82) is 0 Å². The number of aryl methyl sites for hydroxylation is 1. The fourth-order valence-corrected chi connectivity index (χ4v) is 3.42. The Balaban J connectivity index is 0.00000289. The molecule has 14 heteroatoms. The number of carbonyl (C=O) groups is 1. The number of hydrogen-bond acceptors (Lipinski definition) is 6. The zero-order valence-corrected chi connectivity index (χ0v) is 23.5. The molecule has 3 rings (SSSR count). The number of sulfonamides is 1. The Bertz CT molecular complexity index is 1230. The minimum Gasteiger partial charge on any atom is -0.547 e. The SMILES string of the molecule is Cc1ccc(-c2cc(C(F)(F)F)nn2-c2ccc(S(=O)(=O)[N-]OC(C)C(=O)[O-])cc2)cc1.[Na+].[Na+]. The van der Waals surface area contributed by atoms with Crippen LogP contribution >= 0.6 is 0 Å². The molecule has 0 N–H and O–H groups in total. The molecule has 0 fully saturated rings. The molecule has 34 heavy (non-hydrogen) atoms. The van der Waals surface area contributed by atoms with Gasteiger partial charge in [0.2, 0.25) is 0 Å². The third-order valence-electron chi connectivity index (χ3n) is 4.36. The van der Waals surface area contributed by atoms with Crippen LogP contribution in [0.25, 0.3) is 21.8 Å². The van der Waals surface area contributed by atoms with E-state index in [0.717, 1.165) is 35.4 Å². The van der Waals surface area contributed by atoms with E-state index in [1.165, 1.54) is 12.1 Å². The Hall–Kier alpha value is -1.22. The van der Waals surface area contributed by atoms with E-state index in [4.69, 9.17) is 0 Å². The number of benzene rings is 2. The van der Waals surface area contributed by atoms with Gasteiger partial charge in [0.15, 0.2) is 5.69 Å². The predicted molar refractivity (Wildman–Crippen MR) is 105 cm³/mol. The number of carbonyl (C=O) groups excluding carboxylic acids is 1. The van der Waals surface area contributed by atoms with E-state index in [1.807, 2.05) is 6.92 Å². The number of rotatable bonds is 7. The van der Waals surface area contributed by atoms with Crippen LogP contribution in [0.5, 0.6) is 0 Å². The second kappa shape index (κ2) is 12.2. The summed E-state index contributed by atoms with van der Waals surface area (Å²) in [7, 11) is -4.37. The van der Waals surface area contributed by atoms with Gasteiger partial charge in [-0.05, 0) is 44.2 Å². The molecule has 0 aliphatic heterocycles. The van der Waals surface area contributed by atoms with Gasteiger partial charge < -0.3 is 19.6 Å².